The van der Waals surface area contributed by atoms with Crippen molar-refractivity contribution < 1.29 is 18.7 Å². The van der Waals surface area contributed by atoms with Crippen molar-refractivity contribution in [3.63, 3.8) is 0 Å². The van der Waals surface area contributed by atoms with Crippen LogP contribution >= 0.6 is 23.4 Å². The Morgan fingerprint density at radius 3 is 2.79 bits per heavy atom. The van der Waals surface area contributed by atoms with Gasteiger partial charge >= 0.3 is 0 Å². The maximum Gasteiger partial charge on any atom is 0.259 e. The van der Waals surface area contributed by atoms with Gasteiger partial charge in [-0.2, -0.15) is 11.8 Å². The second-order valence-electron chi connectivity index (χ2n) is 8.50. The summed E-state index contributed by atoms with van der Waals surface area (Å²) in [4.78, 5) is 30.4. The van der Waals surface area contributed by atoms with Crippen molar-refractivity contribution in [3.05, 3.63) is 76.7 Å². The zero-order valence-corrected chi connectivity index (χ0v) is 23.6. The second-order valence-corrected chi connectivity index (χ2v) is 9.92. The summed E-state index contributed by atoms with van der Waals surface area (Å²) in [7, 11) is 1.82. The van der Waals surface area contributed by atoms with E-state index in [1.807, 2.05) is 31.5 Å². The van der Waals surface area contributed by atoms with Crippen molar-refractivity contribution in [2.24, 2.45) is 0 Å². The third kappa shape index (κ3) is 9.12. The molecule has 39 heavy (non-hydrogen) atoms. The van der Waals surface area contributed by atoms with Crippen LogP contribution in [0.15, 0.2) is 54.7 Å². The number of carbonyl (C=O) groups excluding carboxylic acids is 2. The highest BCUT2D eigenvalue weighted by Gasteiger charge is 2.19. The van der Waals surface area contributed by atoms with Crippen LogP contribution in [0.4, 0.5) is 21.6 Å². The van der Waals surface area contributed by atoms with Crippen molar-refractivity contribution in [1.29, 1.82) is 0 Å². The first kappa shape index (κ1) is 30.2. The number of hydrogen-bond acceptors (Lipinski definition) is 8. The summed E-state index contributed by atoms with van der Waals surface area (Å²) in [5.74, 6) is 0.967. The number of pyridine rings is 1. The molecule has 0 spiro atoms. The van der Waals surface area contributed by atoms with E-state index in [1.54, 1.807) is 30.1 Å². The van der Waals surface area contributed by atoms with E-state index in [2.05, 4.69) is 25.8 Å². The van der Waals surface area contributed by atoms with Crippen LogP contribution in [0.2, 0.25) is 5.02 Å². The molecule has 0 atom stereocenters. The SMILES string of the molecule is CNc1ccc(Cl)cn1.CSCCOc1cc(N2CCCNCC2)ccc1C(=O)Nc1cccc(F)c1C=O. The number of amides is 1. The molecule has 8 nitrogen and oxygen atoms in total. The lowest BCUT2D eigenvalue weighted by atomic mass is 10.1. The highest BCUT2D eigenvalue weighted by molar-refractivity contribution is 7.98. The molecule has 3 aromatic rings. The maximum absolute atomic E-state index is 13.9. The molecule has 1 aliphatic rings. The number of halogens is 2. The van der Waals surface area contributed by atoms with E-state index in [1.165, 1.54) is 18.2 Å². The largest absolute Gasteiger partial charge is 0.492 e. The lowest BCUT2D eigenvalue weighted by Crippen LogP contribution is -2.28. The van der Waals surface area contributed by atoms with Crippen LogP contribution in [0, 0.1) is 5.82 Å². The van der Waals surface area contributed by atoms with E-state index in [-0.39, 0.29) is 11.3 Å². The minimum atomic E-state index is -0.677. The van der Waals surface area contributed by atoms with E-state index >= 15 is 0 Å². The number of anilines is 3. The molecule has 0 aliphatic carbocycles. The third-order valence-electron chi connectivity index (χ3n) is 5.86. The Labute approximate surface area is 237 Å². The molecular weight excluding hydrogens is 541 g/mol. The van der Waals surface area contributed by atoms with Gasteiger partial charge in [-0.25, -0.2) is 9.37 Å². The second kappa shape index (κ2) is 15.9. The number of hydrogen-bond donors (Lipinski definition) is 3. The first-order valence-corrected chi connectivity index (χ1v) is 14.3. The molecule has 208 valence electrons. The predicted octanol–water partition coefficient (Wildman–Crippen LogP) is 5.21. The van der Waals surface area contributed by atoms with E-state index in [0.717, 1.165) is 49.9 Å². The van der Waals surface area contributed by atoms with Gasteiger partial charge in [-0.1, -0.05) is 17.7 Å². The third-order valence-corrected chi connectivity index (χ3v) is 6.66. The number of thioether (sulfide) groups is 1. The first-order valence-electron chi connectivity index (χ1n) is 12.5. The van der Waals surface area contributed by atoms with Crippen LogP contribution in [0.5, 0.6) is 5.75 Å². The molecule has 1 aromatic heterocycles. The number of ether oxygens (including phenoxy) is 1. The van der Waals surface area contributed by atoms with Crippen LogP contribution in [-0.4, -0.2) is 69.0 Å². The lowest BCUT2D eigenvalue weighted by Gasteiger charge is -2.24. The van der Waals surface area contributed by atoms with Gasteiger partial charge in [0.1, 0.15) is 17.4 Å². The monoisotopic (exact) mass is 573 g/mol. The summed E-state index contributed by atoms with van der Waals surface area (Å²) in [5.41, 5.74) is 1.29. The number of aldehydes is 1. The van der Waals surface area contributed by atoms with E-state index in [4.69, 9.17) is 16.3 Å². The fourth-order valence-electron chi connectivity index (χ4n) is 3.83. The molecule has 1 fully saturated rings. The van der Waals surface area contributed by atoms with E-state index in [9.17, 15) is 14.0 Å². The molecular formula is C28H33ClFN5O3S. The summed E-state index contributed by atoms with van der Waals surface area (Å²) < 4.78 is 19.8. The normalized spacial score (nSPS) is 13.0. The Morgan fingerprint density at radius 2 is 2.08 bits per heavy atom. The van der Waals surface area contributed by atoms with Crippen LogP contribution in [0.1, 0.15) is 27.1 Å². The van der Waals surface area contributed by atoms with Crippen molar-refractivity contribution >= 4 is 52.7 Å². The molecule has 0 saturated carbocycles. The molecule has 1 amide bonds. The Balaban J connectivity index is 0.000000395. The molecule has 0 unspecified atom stereocenters. The van der Waals surface area contributed by atoms with Gasteiger partial charge in [0.15, 0.2) is 6.29 Å². The summed E-state index contributed by atoms with van der Waals surface area (Å²) in [6, 6.07) is 13.2. The number of nitrogens with zero attached hydrogens (tertiary/aromatic N) is 2. The molecule has 11 heteroatoms. The Morgan fingerprint density at radius 1 is 1.23 bits per heavy atom. The molecule has 2 heterocycles. The summed E-state index contributed by atoms with van der Waals surface area (Å²) in [6.07, 6.45) is 5.03. The number of rotatable bonds is 9. The number of aromatic nitrogens is 1. The fourth-order valence-corrected chi connectivity index (χ4v) is 4.19. The summed E-state index contributed by atoms with van der Waals surface area (Å²) in [6.45, 7) is 4.16. The molecule has 4 rings (SSSR count). The number of benzene rings is 2. The standard InChI is InChI=1S/C22H26FN3O3S.C6H7ClN2/c1-30-13-12-29-21-14-16(26-10-3-8-24-9-11-26)6-7-17(21)22(28)25-20-5-2-4-19(23)18(20)15-27;1-8-6-3-2-5(7)4-9-6/h2,4-7,14-15,24H,3,8-13H2,1H3,(H,25,28);2-4H,1H3,(H,8,9). The minimum Gasteiger partial charge on any atom is -0.492 e. The predicted molar refractivity (Wildman–Crippen MR) is 159 cm³/mol. The van der Waals surface area contributed by atoms with Crippen LogP contribution in [0.25, 0.3) is 0 Å². The lowest BCUT2D eigenvalue weighted by molar-refractivity contribution is 0.102. The van der Waals surface area contributed by atoms with E-state index < -0.39 is 11.7 Å². The summed E-state index contributed by atoms with van der Waals surface area (Å²) in [5, 5.41) is 9.56. The average Bonchev–Trinajstić information content (AvgIpc) is 3.24. The van der Waals surface area contributed by atoms with Gasteiger partial charge in [0, 0.05) is 50.4 Å². The Kier molecular flexibility index (Phi) is 12.3. The molecule has 1 saturated heterocycles. The van der Waals surface area contributed by atoms with Gasteiger partial charge in [0.05, 0.1) is 28.4 Å². The van der Waals surface area contributed by atoms with Crippen LogP contribution < -0.4 is 25.6 Å². The fraction of sp³-hybridized carbons (Fsp3) is 0.321. The van der Waals surface area contributed by atoms with Gasteiger partial charge in [-0.05, 0) is 55.6 Å². The Bertz CT molecular complexity index is 1220. The zero-order chi connectivity index (χ0) is 28.0. The molecule has 0 radical (unpaired) electrons. The maximum atomic E-state index is 13.9. The highest BCUT2D eigenvalue weighted by Crippen LogP contribution is 2.28. The molecule has 0 bridgehead atoms. The topological polar surface area (TPSA) is 95.6 Å². The molecule has 2 aromatic carbocycles. The minimum absolute atomic E-state index is 0.132. The first-order chi connectivity index (χ1) is 19.0. The van der Waals surface area contributed by atoms with Gasteiger partial charge < -0.3 is 25.6 Å². The van der Waals surface area contributed by atoms with Crippen molar-refractivity contribution in [2.75, 3.05) is 67.4 Å². The Hall–Kier alpha value is -3.34. The molecule has 1 aliphatic heterocycles. The summed E-state index contributed by atoms with van der Waals surface area (Å²) >= 11 is 7.23. The molecule has 3 N–H and O–H groups in total. The van der Waals surface area contributed by atoms with Gasteiger partial charge in [0.25, 0.3) is 5.91 Å². The van der Waals surface area contributed by atoms with Crippen molar-refractivity contribution in [1.82, 2.24) is 10.3 Å². The van der Waals surface area contributed by atoms with Crippen LogP contribution in [-0.2, 0) is 0 Å². The van der Waals surface area contributed by atoms with Crippen LogP contribution in [0.3, 0.4) is 0 Å². The van der Waals surface area contributed by atoms with Gasteiger partial charge in [0.2, 0.25) is 0 Å². The van der Waals surface area contributed by atoms with E-state index in [0.29, 0.717) is 29.2 Å². The average molecular weight is 574 g/mol. The number of nitrogens with one attached hydrogen (secondary N) is 3. The smallest absolute Gasteiger partial charge is 0.259 e. The zero-order valence-electron chi connectivity index (χ0n) is 22.0. The van der Waals surface area contributed by atoms with Crippen molar-refractivity contribution in [3.8, 4) is 5.75 Å². The van der Waals surface area contributed by atoms with Gasteiger partial charge in [-0.3, -0.25) is 9.59 Å². The number of carbonyl (C=O) groups is 2. The quantitative estimate of drug-likeness (QED) is 0.237. The highest BCUT2D eigenvalue weighted by atomic mass is 35.5. The van der Waals surface area contributed by atoms with Crippen molar-refractivity contribution in [2.45, 2.75) is 6.42 Å². The van der Waals surface area contributed by atoms with Gasteiger partial charge in [-0.15, -0.1) is 0 Å².